The van der Waals surface area contributed by atoms with E-state index in [9.17, 15) is 9.59 Å². The van der Waals surface area contributed by atoms with Gasteiger partial charge in [0.25, 0.3) is 0 Å². The van der Waals surface area contributed by atoms with Gasteiger partial charge >= 0.3 is 12.0 Å². The van der Waals surface area contributed by atoms with Crippen molar-refractivity contribution in [2.75, 3.05) is 5.32 Å². The average Bonchev–Trinajstić information content (AvgIpc) is 2.83. The van der Waals surface area contributed by atoms with Gasteiger partial charge < -0.3 is 20.3 Å². The molecular formula is C11H11N5O4. The van der Waals surface area contributed by atoms with E-state index in [0.717, 1.165) is 0 Å². The second-order valence-electron chi connectivity index (χ2n) is 3.74. The number of aryl methyl sites for hydroxylation is 1. The van der Waals surface area contributed by atoms with Crippen molar-refractivity contribution in [2.45, 2.75) is 13.5 Å². The molecule has 0 saturated carbocycles. The molecule has 2 heterocycles. The van der Waals surface area contributed by atoms with Gasteiger partial charge in [0, 0.05) is 13.1 Å². The first-order valence-corrected chi connectivity index (χ1v) is 5.58. The van der Waals surface area contributed by atoms with E-state index >= 15 is 0 Å². The third-order valence-corrected chi connectivity index (χ3v) is 2.24. The minimum atomic E-state index is -1.23. The van der Waals surface area contributed by atoms with Crippen LogP contribution in [0.2, 0.25) is 0 Å². The number of urea groups is 1. The Balaban J connectivity index is 1.96. The second kappa shape index (κ2) is 5.78. The van der Waals surface area contributed by atoms with E-state index in [1.54, 1.807) is 6.92 Å². The monoisotopic (exact) mass is 277 g/mol. The number of rotatable bonds is 4. The maximum atomic E-state index is 11.6. The first-order chi connectivity index (χ1) is 9.56. The summed E-state index contributed by atoms with van der Waals surface area (Å²) in [4.78, 5) is 30.1. The molecule has 0 aliphatic carbocycles. The Morgan fingerprint density at radius 2 is 2.25 bits per heavy atom. The van der Waals surface area contributed by atoms with Crippen LogP contribution in [0.25, 0.3) is 0 Å². The van der Waals surface area contributed by atoms with Gasteiger partial charge in [0.05, 0.1) is 12.2 Å². The molecule has 0 aliphatic rings. The van der Waals surface area contributed by atoms with Gasteiger partial charge in [-0.3, -0.25) is 0 Å². The number of aromatic nitrogens is 3. The number of pyridine rings is 1. The SMILES string of the molecule is Cc1nc(CNC(=O)Nc2cccnc2C(=O)O)no1. The van der Waals surface area contributed by atoms with Crippen LogP contribution in [0.3, 0.4) is 0 Å². The first-order valence-electron chi connectivity index (χ1n) is 5.58. The number of aromatic carboxylic acids is 1. The van der Waals surface area contributed by atoms with Crippen LogP contribution in [0.4, 0.5) is 10.5 Å². The number of carbonyl (C=O) groups is 2. The highest BCUT2D eigenvalue weighted by atomic mass is 16.5. The van der Waals surface area contributed by atoms with E-state index in [-0.39, 0.29) is 17.9 Å². The summed E-state index contributed by atoms with van der Waals surface area (Å²) in [6, 6.07) is 2.36. The predicted molar refractivity (Wildman–Crippen MR) is 66.1 cm³/mol. The fourth-order valence-electron chi connectivity index (χ4n) is 1.42. The molecule has 20 heavy (non-hydrogen) atoms. The summed E-state index contributed by atoms with van der Waals surface area (Å²) < 4.78 is 4.75. The number of anilines is 1. The van der Waals surface area contributed by atoms with E-state index < -0.39 is 12.0 Å². The highest BCUT2D eigenvalue weighted by Gasteiger charge is 2.13. The summed E-state index contributed by atoms with van der Waals surface area (Å²) in [6.07, 6.45) is 1.33. The van der Waals surface area contributed by atoms with Gasteiger partial charge in [-0.2, -0.15) is 4.98 Å². The lowest BCUT2D eigenvalue weighted by Crippen LogP contribution is -2.29. The molecule has 0 unspecified atom stereocenters. The van der Waals surface area contributed by atoms with Crippen molar-refractivity contribution >= 4 is 17.7 Å². The molecule has 9 heteroatoms. The third-order valence-electron chi connectivity index (χ3n) is 2.24. The number of amides is 2. The van der Waals surface area contributed by atoms with Crippen LogP contribution >= 0.6 is 0 Å². The van der Waals surface area contributed by atoms with Gasteiger partial charge in [0.1, 0.15) is 0 Å². The molecule has 2 aromatic rings. The van der Waals surface area contributed by atoms with Gasteiger partial charge in [-0.05, 0) is 12.1 Å². The van der Waals surface area contributed by atoms with Crippen molar-refractivity contribution < 1.29 is 19.2 Å². The Morgan fingerprint density at radius 1 is 1.45 bits per heavy atom. The molecule has 9 nitrogen and oxygen atoms in total. The second-order valence-corrected chi connectivity index (χ2v) is 3.74. The van der Waals surface area contributed by atoms with Crippen molar-refractivity contribution in [1.29, 1.82) is 0 Å². The molecule has 0 fully saturated rings. The fourth-order valence-corrected chi connectivity index (χ4v) is 1.42. The van der Waals surface area contributed by atoms with E-state index in [2.05, 4.69) is 25.8 Å². The highest BCUT2D eigenvalue weighted by Crippen LogP contribution is 2.11. The van der Waals surface area contributed by atoms with E-state index in [1.165, 1.54) is 18.3 Å². The number of nitrogens with zero attached hydrogens (tertiary/aromatic N) is 3. The maximum absolute atomic E-state index is 11.6. The topological polar surface area (TPSA) is 130 Å². The summed E-state index contributed by atoms with van der Waals surface area (Å²) in [7, 11) is 0. The summed E-state index contributed by atoms with van der Waals surface area (Å²) in [5.74, 6) is -0.514. The zero-order chi connectivity index (χ0) is 14.5. The molecular weight excluding hydrogens is 266 g/mol. The number of hydrogen-bond acceptors (Lipinski definition) is 6. The third kappa shape index (κ3) is 3.28. The van der Waals surface area contributed by atoms with Crippen molar-refractivity contribution in [3.63, 3.8) is 0 Å². The summed E-state index contributed by atoms with van der Waals surface area (Å²) in [6.45, 7) is 1.69. The fraction of sp³-hybridized carbons (Fsp3) is 0.182. The number of carboxylic acid groups (broad SMARTS) is 1. The maximum Gasteiger partial charge on any atom is 0.356 e. The molecule has 0 radical (unpaired) electrons. The van der Waals surface area contributed by atoms with Gasteiger partial charge in [-0.1, -0.05) is 5.16 Å². The molecule has 0 aliphatic heterocycles. The van der Waals surface area contributed by atoms with E-state index in [0.29, 0.717) is 11.7 Å². The minimum absolute atomic E-state index is 0.0613. The standard InChI is InChI=1S/C11H11N5O4/c1-6-14-8(16-20-6)5-13-11(19)15-7-3-2-4-12-9(7)10(17)18/h2-4H,5H2,1H3,(H,17,18)(H2,13,15,19). The quantitative estimate of drug-likeness (QED) is 0.753. The van der Waals surface area contributed by atoms with Crippen LogP contribution in [0.1, 0.15) is 22.2 Å². The van der Waals surface area contributed by atoms with Crippen molar-refractivity contribution in [3.8, 4) is 0 Å². The Morgan fingerprint density at radius 3 is 2.90 bits per heavy atom. The number of nitrogens with one attached hydrogen (secondary N) is 2. The van der Waals surface area contributed by atoms with E-state index in [4.69, 9.17) is 9.63 Å². The Labute approximate surface area is 113 Å². The normalized spacial score (nSPS) is 10.1. The van der Waals surface area contributed by atoms with Crippen molar-refractivity contribution in [1.82, 2.24) is 20.4 Å². The smallest absolute Gasteiger partial charge is 0.356 e. The largest absolute Gasteiger partial charge is 0.476 e. The van der Waals surface area contributed by atoms with E-state index in [1.807, 2.05) is 0 Å². The van der Waals surface area contributed by atoms with Crippen LogP contribution < -0.4 is 10.6 Å². The average molecular weight is 277 g/mol. The van der Waals surface area contributed by atoms with Crippen LogP contribution in [-0.4, -0.2) is 32.2 Å². The van der Waals surface area contributed by atoms with Crippen LogP contribution in [-0.2, 0) is 6.54 Å². The van der Waals surface area contributed by atoms with Gasteiger partial charge in [0.2, 0.25) is 5.89 Å². The molecule has 0 bridgehead atoms. The zero-order valence-electron chi connectivity index (χ0n) is 10.5. The molecule has 2 rings (SSSR count). The zero-order valence-corrected chi connectivity index (χ0v) is 10.5. The molecule has 3 N–H and O–H groups in total. The lowest BCUT2D eigenvalue weighted by Gasteiger charge is -2.07. The Kier molecular flexibility index (Phi) is 3.89. The molecule has 0 atom stereocenters. The summed E-state index contributed by atoms with van der Waals surface area (Å²) in [5.41, 5.74) is -0.139. The molecule has 0 saturated heterocycles. The number of carbonyl (C=O) groups excluding carboxylic acids is 1. The highest BCUT2D eigenvalue weighted by molar-refractivity contribution is 5.98. The van der Waals surface area contributed by atoms with Gasteiger partial charge in [-0.15, -0.1) is 0 Å². The number of carboxylic acids is 1. The Bertz CT molecular complexity index is 639. The van der Waals surface area contributed by atoms with Gasteiger partial charge in [-0.25, -0.2) is 14.6 Å². The first kappa shape index (κ1) is 13.5. The van der Waals surface area contributed by atoms with Crippen LogP contribution in [0.5, 0.6) is 0 Å². The van der Waals surface area contributed by atoms with Gasteiger partial charge in [0.15, 0.2) is 11.5 Å². The summed E-state index contributed by atoms with van der Waals surface area (Å²) in [5, 5.41) is 17.4. The van der Waals surface area contributed by atoms with Crippen molar-refractivity contribution in [2.24, 2.45) is 0 Å². The molecule has 0 aromatic carbocycles. The lowest BCUT2D eigenvalue weighted by atomic mass is 10.3. The summed E-state index contributed by atoms with van der Waals surface area (Å²) >= 11 is 0. The lowest BCUT2D eigenvalue weighted by molar-refractivity contribution is 0.0691. The molecule has 2 amide bonds. The molecule has 0 spiro atoms. The number of hydrogen-bond donors (Lipinski definition) is 3. The molecule has 2 aromatic heterocycles. The van der Waals surface area contributed by atoms with Crippen LogP contribution in [0, 0.1) is 6.92 Å². The van der Waals surface area contributed by atoms with Crippen molar-refractivity contribution in [3.05, 3.63) is 35.7 Å². The Hall–Kier alpha value is -2.97. The molecule has 104 valence electrons. The predicted octanol–water partition coefficient (Wildman–Crippen LogP) is 0.793. The van der Waals surface area contributed by atoms with Crippen LogP contribution in [0.15, 0.2) is 22.9 Å². The minimum Gasteiger partial charge on any atom is -0.476 e.